The van der Waals surface area contributed by atoms with Crippen LogP contribution in [-0.4, -0.2) is 54.3 Å². The summed E-state index contributed by atoms with van der Waals surface area (Å²) in [5, 5.41) is 33.9. The summed E-state index contributed by atoms with van der Waals surface area (Å²) in [4.78, 5) is 39.1. The molecule has 1 heterocycles. The van der Waals surface area contributed by atoms with Gasteiger partial charge < -0.3 is 9.84 Å². The van der Waals surface area contributed by atoms with E-state index in [9.17, 15) is 29.1 Å². The summed E-state index contributed by atoms with van der Waals surface area (Å²) in [5.74, 6) is -1.16. The number of aliphatic hydroxyl groups excluding tert-OH is 1. The van der Waals surface area contributed by atoms with E-state index in [1.54, 1.807) is 23.9 Å². The zero-order valence-electron chi connectivity index (χ0n) is 26.6. The van der Waals surface area contributed by atoms with Crippen molar-refractivity contribution in [3.8, 4) is 17.8 Å². The molecule has 4 aliphatic carbocycles. The van der Waals surface area contributed by atoms with Gasteiger partial charge in [-0.1, -0.05) is 49.9 Å². The summed E-state index contributed by atoms with van der Waals surface area (Å²) < 4.78 is 22.4. The van der Waals surface area contributed by atoms with Crippen molar-refractivity contribution < 1.29 is 28.6 Å². The van der Waals surface area contributed by atoms with E-state index in [0.29, 0.717) is 31.4 Å². The van der Waals surface area contributed by atoms with E-state index >= 15 is 0 Å². The molecular formula is C35H37FN4O5S2. The van der Waals surface area contributed by atoms with E-state index in [0.717, 1.165) is 47.6 Å². The Morgan fingerprint density at radius 1 is 1.17 bits per heavy atom. The lowest BCUT2D eigenvalue weighted by atomic mass is 9.45. The van der Waals surface area contributed by atoms with Crippen molar-refractivity contribution in [3.05, 3.63) is 52.6 Å². The van der Waals surface area contributed by atoms with Gasteiger partial charge in [-0.25, -0.2) is 9.07 Å². The smallest absolute Gasteiger partial charge is 0.306 e. The fourth-order valence-electron chi connectivity index (χ4n) is 9.38. The standard InChI is InChI=1S/C35H37FN4O5S2/c1-4-29(42)45-35(32(44)47-14-12-38)10-9-25-23-7-5-21-15-27-20(17-33(21,2)30(23)28(41)18-34(25,35)3)19-39-40(27)22-6-8-26(36)24(16-22)31(43)46-13-11-37/h6,8,15-16,19,23,25,28,30,41H,4-5,7,9-10,13-14,17-18H2,1-3H3/t23-,25-,28-,30+,33-,34-,35-/m0/s1. The minimum Gasteiger partial charge on any atom is -0.449 e. The quantitative estimate of drug-likeness (QED) is 0.345. The Morgan fingerprint density at radius 2 is 1.91 bits per heavy atom. The molecule has 1 N–H and O–H groups in total. The molecule has 0 bridgehead atoms. The molecule has 7 atom stereocenters. The summed E-state index contributed by atoms with van der Waals surface area (Å²) in [7, 11) is 0. The number of aliphatic hydroxyl groups is 1. The molecule has 0 amide bonds. The number of hydrogen-bond acceptors (Lipinski definition) is 10. The van der Waals surface area contributed by atoms with Crippen LogP contribution < -0.4 is 0 Å². The monoisotopic (exact) mass is 676 g/mol. The van der Waals surface area contributed by atoms with Crippen molar-refractivity contribution in [1.82, 2.24) is 9.78 Å². The fraction of sp³-hybridized carbons (Fsp3) is 0.543. The van der Waals surface area contributed by atoms with Crippen LogP contribution in [-0.2, 0) is 20.7 Å². The average Bonchev–Trinajstić information content (AvgIpc) is 3.58. The number of halogens is 1. The fourth-order valence-corrected chi connectivity index (χ4v) is 10.7. The number of thioether (sulfide) groups is 2. The molecule has 6 rings (SSSR count). The Balaban J connectivity index is 1.33. The number of fused-ring (bicyclic) bond motifs is 6. The minimum atomic E-state index is -1.39. The van der Waals surface area contributed by atoms with Gasteiger partial charge >= 0.3 is 5.97 Å². The first kappa shape index (κ1) is 33.5. The number of nitrogens with zero attached hydrogens (tertiary/aromatic N) is 4. The number of esters is 1. The van der Waals surface area contributed by atoms with Gasteiger partial charge in [-0.15, -0.1) is 0 Å². The number of ether oxygens (including phenoxy) is 1. The van der Waals surface area contributed by atoms with Crippen LogP contribution in [0.25, 0.3) is 11.8 Å². The molecular weight excluding hydrogens is 640 g/mol. The Hall–Kier alpha value is -3.45. The van der Waals surface area contributed by atoms with Crippen molar-refractivity contribution in [1.29, 1.82) is 10.5 Å². The van der Waals surface area contributed by atoms with Crippen LogP contribution in [0, 0.1) is 57.1 Å². The lowest BCUT2D eigenvalue weighted by Gasteiger charge is -2.60. The van der Waals surface area contributed by atoms with E-state index < -0.39 is 34.0 Å². The molecule has 0 radical (unpaired) electrons. The molecule has 0 spiro atoms. The van der Waals surface area contributed by atoms with Gasteiger partial charge in [0.05, 0.1) is 52.9 Å². The van der Waals surface area contributed by atoms with Gasteiger partial charge in [-0.3, -0.25) is 14.4 Å². The first-order valence-corrected chi connectivity index (χ1v) is 18.0. The van der Waals surface area contributed by atoms with E-state index in [2.05, 4.69) is 18.1 Å². The number of allylic oxidation sites excluding steroid dienone is 1. The number of carbonyl (C=O) groups is 3. The van der Waals surface area contributed by atoms with Gasteiger partial charge in [0.1, 0.15) is 5.82 Å². The average molecular weight is 677 g/mol. The summed E-state index contributed by atoms with van der Waals surface area (Å²) >= 11 is 1.65. The van der Waals surface area contributed by atoms with Crippen molar-refractivity contribution in [3.63, 3.8) is 0 Å². The molecule has 2 aromatic rings. The zero-order valence-corrected chi connectivity index (χ0v) is 28.3. The first-order valence-electron chi connectivity index (χ1n) is 16.0. The number of rotatable bonds is 7. The number of benzene rings is 1. The number of carbonyl (C=O) groups excluding carboxylic acids is 3. The van der Waals surface area contributed by atoms with Crippen molar-refractivity contribution in [2.24, 2.45) is 28.6 Å². The van der Waals surface area contributed by atoms with Gasteiger partial charge in [-0.2, -0.15) is 15.6 Å². The van der Waals surface area contributed by atoms with E-state index in [1.807, 2.05) is 19.1 Å². The molecule has 3 fully saturated rings. The molecule has 3 saturated carbocycles. The highest BCUT2D eigenvalue weighted by molar-refractivity contribution is 8.14. The van der Waals surface area contributed by atoms with Crippen LogP contribution in [0.3, 0.4) is 0 Å². The van der Waals surface area contributed by atoms with E-state index in [1.165, 1.54) is 17.7 Å². The third-order valence-electron chi connectivity index (χ3n) is 11.4. The molecule has 246 valence electrons. The van der Waals surface area contributed by atoms with Crippen LogP contribution in [0.4, 0.5) is 4.39 Å². The molecule has 12 heteroatoms. The third kappa shape index (κ3) is 5.24. The Labute approximate surface area is 281 Å². The Bertz CT molecular complexity index is 1760. The van der Waals surface area contributed by atoms with E-state index in [-0.39, 0.29) is 51.8 Å². The zero-order chi connectivity index (χ0) is 33.7. The predicted molar refractivity (Wildman–Crippen MR) is 176 cm³/mol. The van der Waals surface area contributed by atoms with Crippen LogP contribution >= 0.6 is 23.5 Å². The van der Waals surface area contributed by atoms with E-state index in [4.69, 9.17) is 10.00 Å². The molecule has 9 nitrogen and oxygen atoms in total. The number of hydrogen-bond donors (Lipinski definition) is 1. The predicted octanol–water partition coefficient (Wildman–Crippen LogP) is 6.04. The summed E-state index contributed by atoms with van der Waals surface area (Å²) in [6.45, 7) is 5.90. The van der Waals surface area contributed by atoms with Crippen LogP contribution in [0.1, 0.15) is 80.9 Å². The van der Waals surface area contributed by atoms with Crippen LogP contribution in [0.5, 0.6) is 0 Å². The van der Waals surface area contributed by atoms with Gasteiger partial charge in [0.15, 0.2) is 5.60 Å². The minimum absolute atomic E-state index is 0.0302. The Kier molecular flexibility index (Phi) is 8.92. The second-order valence-electron chi connectivity index (χ2n) is 13.6. The second-order valence-corrected chi connectivity index (χ2v) is 15.5. The maximum Gasteiger partial charge on any atom is 0.306 e. The lowest BCUT2D eigenvalue weighted by molar-refractivity contribution is -0.196. The molecule has 1 aromatic carbocycles. The molecule has 4 aliphatic rings. The van der Waals surface area contributed by atoms with Gasteiger partial charge in [0, 0.05) is 11.8 Å². The highest BCUT2D eigenvalue weighted by Gasteiger charge is 2.70. The largest absolute Gasteiger partial charge is 0.449 e. The maximum atomic E-state index is 14.6. The summed E-state index contributed by atoms with van der Waals surface area (Å²) in [6.07, 6.45) is 6.88. The normalized spacial score (nSPS) is 32.0. The first-order chi connectivity index (χ1) is 22.4. The van der Waals surface area contributed by atoms with Crippen molar-refractivity contribution >= 4 is 45.8 Å². The molecule has 0 saturated heterocycles. The van der Waals surface area contributed by atoms with Crippen molar-refractivity contribution in [2.45, 2.75) is 77.4 Å². The number of aromatic nitrogens is 2. The van der Waals surface area contributed by atoms with Gasteiger partial charge in [0.2, 0.25) is 10.2 Å². The maximum absolute atomic E-state index is 14.6. The second kappa shape index (κ2) is 12.5. The number of nitriles is 2. The van der Waals surface area contributed by atoms with Crippen LogP contribution in [0.15, 0.2) is 30.0 Å². The third-order valence-corrected chi connectivity index (χ3v) is 13.0. The van der Waals surface area contributed by atoms with Gasteiger partial charge in [-0.05, 0) is 91.5 Å². The molecule has 0 unspecified atom stereocenters. The SMILES string of the molecule is CCC(=O)O[C@]1(C(=O)SCC#N)CC[C@H]2[C@@H]3CCC4=Cc5c(cnn5-c5ccc(F)c(C(=O)SCC#N)c5)C[C@]4(C)[C@H]3[C@@H](O)C[C@@]21C. The Morgan fingerprint density at radius 3 is 2.64 bits per heavy atom. The highest BCUT2D eigenvalue weighted by atomic mass is 32.2. The topological polar surface area (TPSA) is 146 Å². The molecule has 1 aromatic heterocycles. The van der Waals surface area contributed by atoms with Crippen molar-refractivity contribution in [2.75, 3.05) is 11.5 Å². The highest BCUT2D eigenvalue weighted by Crippen LogP contribution is 2.69. The lowest BCUT2D eigenvalue weighted by Crippen LogP contribution is -2.62. The summed E-state index contributed by atoms with van der Waals surface area (Å²) in [6, 6.07) is 8.20. The molecule has 47 heavy (non-hydrogen) atoms. The molecule has 0 aliphatic heterocycles. The van der Waals surface area contributed by atoms with Crippen LogP contribution in [0.2, 0.25) is 0 Å². The van der Waals surface area contributed by atoms with Gasteiger partial charge in [0.25, 0.3) is 0 Å². The summed E-state index contributed by atoms with van der Waals surface area (Å²) in [5.41, 5.74) is 0.924.